The molecule has 136 valence electrons. The number of carbonyl (C=O) groups excluding carboxylic acids is 1. The van der Waals surface area contributed by atoms with E-state index in [1.165, 1.54) is 16.3 Å². The van der Waals surface area contributed by atoms with E-state index in [0.29, 0.717) is 31.8 Å². The Morgan fingerprint density at radius 2 is 1.62 bits per heavy atom. The maximum absolute atomic E-state index is 12.6. The summed E-state index contributed by atoms with van der Waals surface area (Å²) in [6.07, 6.45) is 1.34. The molecule has 0 aromatic heterocycles. The van der Waals surface area contributed by atoms with E-state index >= 15 is 0 Å². The fourth-order valence-corrected chi connectivity index (χ4v) is 4.22. The number of carboxylic acid groups (broad SMARTS) is 1. The van der Waals surface area contributed by atoms with Gasteiger partial charge in [-0.25, -0.2) is 4.79 Å². The van der Waals surface area contributed by atoms with E-state index < -0.39 is 18.2 Å². The Balaban J connectivity index is 1.41. The molecule has 26 heavy (non-hydrogen) atoms. The van der Waals surface area contributed by atoms with Gasteiger partial charge in [-0.1, -0.05) is 42.5 Å². The molecule has 2 aromatic rings. The van der Waals surface area contributed by atoms with Crippen LogP contribution in [0.15, 0.2) is 42.5 Å². The van der Waals surface area contributed by atoms with Crippen molar-refractivity contribution in [2.24, 2.45) is 0 Å². The Kier molecular flexibility index (Phi) is 4.64. The highest BCUT2D eigenvalue weighted by Crippen LogP contribution is 2.33. The van der Waals surface area contributed by atoms with Crippen LogP contribution >= 0.6 is 0 Å². The zero-order valence-corrected chi connectivity index (χ0v) is 14.6. The van der Waals surface area contributed by atoms with Crippen molar-refractivity contribution in [2.75, 3.05) is 13.1 Å². The maximum atomic E-state index is 12.6. The van der Waals surface area contributed by atoms with Gasteiger partial charge in [-0.2, -0.15) is 0 Å². The SMILES string of the molecule is O=C(O)[C@H]1CC[C@@H](C(=O)N2CCC(c3cccc4ccccc34)CC2)O1. The molecule has 0 radical (unpaired) electrons. The smallest absolute Gasteiger partial charge is 0.332 e. The summed E-state index contributed by atoms with van der Waals surface area (Å²) in [4.78, 5) is 25.5. The number of hydrogen-bond acceptors (Lipinski definition) is 3. The second-order valence-corrected chi connectivity index (χ2v) is 7.20. The fraction of sp³-hybridized carbons (Fsp3) is 0.429. The number of amides is 1. The molecule has 1 N–H and O–H groups in total. The Bertz CT molecular complexity index is 820. The Morgan fingerprint density at radius 3 is 2.35 bits per heavy atom. The second kappa shape index (κ2) is 7.08. The summed E-state index contributed by atoms with van der Waals surface area (Å²) in [5.41, 5.74) is 1.36. The minimum atomic E-state index is -0.977. The Morgan fingerprint density at radius 1 is 0.923 bits per heavy atom. The molecule has 2 fully saturated rings. The molecule has 2 aliphatic heterocycles. The first-order chi connectivity index (χ1) is 12.6. The molecule has 0 bridgehead atoms. The molecule has 2 aromatic carbocycles. The molecular formula is C21H23NO4. The van der Waals surface area contributed by atoms with E-state index in [9.17, 15) is 9.59 Å². The molecule has 2 heterocycles. The summed E-state index contributed by atoms with van der Waals surface area (Å²) in [6, 6.07) is 14.9. The third kappa shape index (κ3) is 3.19. The van der Waals surface area contributed by atoms with Crippen molar-refractivity contribution in [3.8, 4) is 0 Å². The first-order valence-corrected chi connectivity index (χ1v) is 9.28. The topological polar surface area (TPSA) is 66.8 Å². The van der Waals surface area contributed by atoms with Gasteiger partial charge in [0.2, 0.25) is 0 Å². The van der Waals surface area contributed by atoms with Gasteiger partial charge in [0.05, 0.1) is 0 Å². The van der Waals surface area contributed by atoms with E-state index in [4.69, 9.17) is 9.84 Å². The fourth-order valence-electron chi connectivity index (χ4n) is 4.22. The van der Waals surface area contributed by atoms with Crippen LogP contribution in [0.4, 0.5) is 0 Å². The van der Waals surface area contributed by atoms with E-state index in [2.05, 4.69) is 42.5 Å². The van der Waals surface area contributed by atoms with Gasteiger partial charge < -0.3 is 14.7 Å². The lowest BCUT2D eigenvalue weighted by molar-refractivity contribution is -0.155. The standard InChI is InChI=1S/C21H23NO4/c23-20(18-8-9-19(26-18)21(24)25)22-12-10-15(11-13-22)17-7-3-5-14-4-1-2-6-16(14)17/h1-7,15,18-19H,8-13H2,(H,24,25)/t18-,19+/m0/s1. The van der Waals surface area contributed by atoms with Crippen molar-refractivity contribution >= 4 is 22.6 Å². The summed E-state index contributed by atoms with van der Waals surface area (Å²) in [5, 5.41) is 11.6. The third-order valence-corrected chi connectivity index (χ3v) is 5.64. The minimum Gasteiger partial charge on any atom is -0.479 e. The van der Waals surface area contributed by atoms with E-state index in [1.54, 1.807) is 0 Å². The number of fused-ring (bicyclic) bond motifs is 1. The summed E-state index contributed by atoms with van der Waals surface area (Å²) in [5.74, 6) is -0.582. The molecule has 5 heteroatoms. The van der Waals surface area contributed by atoms with Gasteiger partial charge in [0.1, 0.15) is 6.10 Å². The van der Waals surface area contributed by atoms with Gasteiger partial charge in [0.15, 0.2) is 6.10 Å². The van der Waals surface area contributed by atoms with Crippen LogP contribution in [-0.2, 0) is 14.3 Å². The summed E-state index contributed by atoms with van der Waals surface area (Å²) in [7, 11) is 0. The second-order valence-electron chi connectivity index (χ2n) is 7.20. The lowest BCUT2D eigenvalue weighted by Crippen LogP contribution is -2.43. The quantitative estimate of drug-likeness (QED) is 0.920. The first kappa shape index (κ1) is 17.0. The first-order valence-electron chi connectivity index (χ1n) is 9.28. The zero-order chi connectivity index (χ0) is 18.1. The van der Waals surface area contributed by atoms with Crippen LogP contribution in [0.5, 0.6) is 0 Å². The van der Waals surface area contributed by atoms with Gasteiger partial charge in [-0.05, 0) is 47.9 Å². The van der Waals surface area contributed by atoms with Gasteiger partial charge in [0.25, 0.3) is 5.91 Å². The molecular weight excluding hydrogens is 330 g/mol. The molecule has 1 amide bonds. The predicted molar refractivity (Wildman–Crippen MR) is 98.0 cm³/mol. The van der Waals surface area contributed by atoms with Crippen LogP contribution in [-0.4, -0.2) is 47.2 Å². The van der Waals surface area contributed by atoms with Crippen LogP contribution < -0.4 is 0 Å². The highest BCUT2D eigenvalue weighted by atomic mass is 16.5. The van der Waals surface area contributed by atoms with Crippen LogP contribution in [0.25, 0.3) is 10.8 Å². The number of nitrogens with zero attached hydrogens (tertiary/aromatic N) is 1. The summed E-state index contributed by atoms with van der Waals surface area (Å²) < 4.78 is 5.42. The monoisotopic (exact) mass is 353 g/mol. The zero-order valence-electron chi connectivity index (χ0n) is 14.6. The lowest BCUT2D eigenvalue weighted by atomic mass is 9.86. The molecule has 0 aliphatic carbocycles. The number of ether oxygens (including phenoxy) is 1. The largest absolute Gasteiger partial charge is 0.479 e. The predicted octanol–water partition coefficient (Wildman–Crippen LogP) is 3.18. The Hall–Kier alpha value is -2.40. The molecule has 0 saturated carbocycles. The van der Waals surface area contributed by atoms with Crippen LogP contribution in [0, 0.1) is 0 Å². The highest BCUT2D eigenvalue weighted by Gasteiger charge is 2.37. The number of benzene rings is 2. The number of carbonyl (C=O) groups is 2. The lowest BCUT2D eigenvalue weighted by Gasteiger charge is -2.34. The van der Waals surface area contributed by atoms with Crippen molar-refractivity contribution in [3.63, 3.8) is 0 Å². The molecule has 2 aliphatic rings. The van der Waals surface area contributed by atoms with Gasteiger partial charge in [-0.3, -0.25) is 4.79 Å². The van der Waals surface area contributed by atoms with Crippen molar-refractivity contribution in [2.45, 2.75) is 43.8 Å². The average molecular weight is 353 g/mol. The minimum absolute atomic E-state index is 0.0508. The van der Waals surface area contributed by atoms with Crippen molar-refractivity contribution in [1.82, 2.24) is 4.90 Å². The van der Waals surface area contributed by atoms with Crippen molar-refractivity contribution in [3.05, 3.63) is 48.0 Å². The maximum Gasteiger partial charge on any atom is 0.332 e. The van der Waals surface area contributed by atoms with Crippen LogP contribution in [0.1, 0.15) is 37.2 Å². The molecule has 4 rings (SSSR count). The van der Waals surface area contributed by atoms with Crippen molar-refractivity contribution in [1.29, 1.82) is 0 Å². The number of aliphatic carboxylic acids is 1. The van der Waals surface area contributed by atoms with E-state index in [1.807, 2.05) is 4.90 Å². The summed E-state index contributed by atoms with van der Waals surface area (Å²) >= 11 is 0. The van der Waals surface area contributed by atoms with Crippen LogP contribution in [0.3, 0.4) is 0 Å². The molecule has 0 spiro atoms. The normalized spacial score (nSPS) is 24.1. The van der Waals surface area contributed by atoms with Crippen molar-refractivity contribution < 1.29 is 19.4 Å². The van der Waals surface area contributed by atoms with Crippen LogP contribution in [0.2, 0.25) is 0 Å². The number of likely N-dealkylation sites (tertiary alicyclic amines) is 1. The molecule has 2 saturated heterocycles. The average Bonchev–Trinajstić information content (AvgIpc) is 3.18. The molecule has 2 atom stereocenters. The Labute approximate surface area is 152 Å². The van der Waals surface area contributed by atoms with Gasteiger partial charge >= 0.3 is 5.97 Å². The number of rotatable bonds is 3. The number of hydrogen-bond donors (Lipinski definition) is 1. The van der Waals surface area contributed by atoms with E-state index in [-0.39, 0.29) is 5.91 Å². The number of carboxylic acids is 1. The number of piperidine rings is 1. The molecule has 5 nitrogen and oxygen atoms in total. The molecule has 0 unspecified atom stereocenters. The van der Waals surface area contributed by atoms with Gasteiger partial charge in [0, 0.05) is 13.1 Å². The summed E-state index contributed by atoms with van der Waals surface area (Å²) in [6.45, 7) is 1.40. The van der Waals surface area contributed by atoms with E-state index in [0.717, 1.165) is 12.8 Å². The van der Waals surface area contributed by atoms with Gasteiger partial charge in [-0.15, -0.1) is 0 Å². The highest BCUT2D eigenvalue weighted by molar-refractivity contribution is 5.86. The third-order valence-electron chi connectivity index (χ3n) is 5.64.